The highest BCUT2D eigenvalue weighted by molar-refractivity contribution is 5.83. The molecule has 1 aliphatic rings. The maximum absolute atomic E-state index is 12.6. The fraction of sp³-hybridized carbons (Fsp3) is 0.400. The van der Waals surface area contributed by atoms with Crippen molar-refractivity contribution in [3.05, 3.63) is 40.0 Å². The summed E-state index contributed by atoms with van der Waals surface area (Å²) in [5, 5.41) is 13.0. The van der Waals surface area contributed by atoms with Crippen molar-refractivity contribution in [2.45, 2.75) is 19.4 Å². The van der Waals surface area contributed by atoms with Crippen LogP contribution in [0.3, 0.4) is 0 Å². The predicted octanol–water partition coefficient (Wildman–Crippen LogP) is 1.41. The molecule has 0 spiro atoms. The standard InChI is InChI=1S/C10H11FN4O2/c11-9-4-3-8(6-12-9)7-14-5-1-2-10(14)13-15(16)17/h3-4,6H,1-2,5,7H2/b13-10-. The summed E-state index contributed by atoms with van der Waals surface area (Å²) < 4.78 is 12.6. The molecule has 0 aliphatic carbocycles. The highest BCUT2D eigenvalue weighted by Gasteiger charge is 2.21. The Balaban J connectivity index is 2.07. The zero-order chi connectivity index (χ0) is 12.3. The molecule has 1 aromatic heterocycles. The fourth-order valence-electron chi connectivity index (χ4n) is 1.81. The van der Waals surface area contributed by atoms with E-state index in [-0.39, 0.29) is 0 Å². The van der Waals surface area contributed by atoms with Crippen LogP contribution in [0.25, 0.3) is 0 Å². The molecule has 2 rings (SSSR count). The first-order valence-corrected chi connectivity index (χ1v) is 5.22. The van der Waals surface area contributed by atoms with Crippen LogP contribution in [0.5, 0.6) is 0 Å². The van der Waals surface area contributed by atoms with Crippen molar-refractivity contribution in [3.63, 3.8) is 0 Å². The molecule has 0 N–H and O–H groups in total. The predicted molar refractivity (Wildman–Crippen MR) is 58.3 cm³/mol. The molecule has 1 aromatic rings. The van der Waals surface area contributed by atoms with Gasteiger partial charge in [-0.05, 0) is 18.1 Å². The molecule has 0 saturated carbocycles. The van der Waals surface area contributed by atoms with E-state index in [1.54, 1.807) is 6.07 Å². The van der Waals surface area contributed by atoms with Gasteiger partial charge in [-0.3, -0.25) is 0 Å². The highest BCUT2D eigenvalue weighted by Crippen LogP contribution is 2.15. The second-order valence-electron chi connectivity index (χ2n) is 3.77. The number of hydrogen-bond donors (Lipinski definition) is 0. The average Bonchev–Trinajstić information content (AvgIpc) is 2.68. The van der Waals surface area contributed by atoms with Crippen molar-refractivity contribution >= 4 is 5.84 Å². The molecule has 0 aromatic carbocycles. The summed E-state index contributed by atoms with van der Waals surface area (Å²) >= 11 is 0. The van der Waals surface area contributed by atoms with Gasteiger partial charge in [0.15, 0.2) is 10.9 Å². The summed E-state index contributed by atoms with van der Waals surface area (Å²) in [5.41, 5.74) is 0.810. The number of rotatable bonds is 3. The third kappa shape index (κ3) is 2.96. The van der Waals surface area contributed by atoms with Gasteiger partial charge in [-0.15, -0.1) is 0 Å². The monoisotopic (exact) mass is 238 g/mol. The normalized spacial score (nSPS) is 17.7. The Kier molecular flexibility index (Phi) is 3.27. The van der Waals surface area contributed by atoms with Crippen LogP contribution in [-0.2, 0) is 6.54 Å². The molecule has 0 unspecified atom stereocenters. The van der Waals surface area contributed by atoms with Gasteiger partial charge in [-0.2, -0.15) is 4.39 Å². The van der Waals surface area contributed by atoms with E-state index in [0.29, 0.717) is 18.8 Å². The lowest BCUT2D eigenvalue weighted by atomic mass is 10.2. The third-order valence-electron chi connectivity index (χ3n) is 2.55. The van der Waals surface area contributed by atoms with E-state index >= 15 is 0 Å². The van der Waals surface area contributed by atoms with Gasteiger partial charge in [0.2, 0.25) is 5.95 Å². The molecule has 1 fully saturated rings. The van der Waals surface area contributed by atoms with Crippen LogP contribution in [-0.4, -0.2) is 27.3 Å². The Labute approximate surface area is 96.9 Å². The summed E-state index contributed by atoms with van der Waals surface area (Å²) in [5.74, 6) is -0.0614. The van der Waals surface area contributed by atoms with Crippen LogP contribution in [0.1, 0.15) is 18.4 Å². The van der Waals surface area contributed by atoms with Gasteiger partial charge in [-0.25, -0.2) is 15.1 Å². The summed E-state index contributed by atoms with van der Waals surface area (Å²) in [4.78, 5) is 15.7. The lowest BCUT2D eigenvalue weighted by Gasteiger charge is -2.16. The maximum atomic E-state index is 12.6. The number of nitro groups is 1. The Morgan fingerprint density at radius 2 is 2.41 bits per heavy atom. The number of hydrogen-bond acceptors (Lipinski definition) is 3. The van der Waals surface area contributed by atoms with Crippen molar-refractivity contribution in [3.8, 4) is 0 Å². The van der Waals surface area contributed by atoms with Crippen LogP contribution >= 0.6 is 0 Å². The summed E-state index contributed by atoms with van der Waals surface area (Å²) in [6, 6.07) is 2.89. The van der Waals surface area contributed by atoms with E-state index in [0.717, 1.165) is 18.5 Å². The molecule has 0 atom stereocenters. The molecule has 1 saturated heterocycles. The number of amidine groups is 1. The van der Waals surface area contributed by atoms with Gasteiger partial charge in [-0.1, -0.05) is 6.07 Å². The number of likely N-dealkylation sites (tertiary alicyclic amines) is 1. The van der Waals surface area contributed by atoms with Crippen molar-refractivity contribution < 1.29 is 9.42 Å². The summed E-state index contributed by atoms with van der Waals surface area (Å²) in [7, 11) is 0. The van der Waals surface area contributed by atoms with Gasteiger partial charge < -0.3 is 4.90 Å². The van der Waals surface area contributed by atoms with E-state index in [9.17, 15) is 14.5 Å². The minimum absolute atomic E-state index is 0.472. The highest BCUT2D eigenvalue weighted by atomic mass is 19.1. The first-order valence-electron chi connectivity index (χ1n) is 5.22. The van der Waals surface area contributed by atoms with Crippen molar-refractivity contribution in [2.75, 3.05) is 6.54 Å². The van der Waals surface area contributed by atoms with Crippen molar-refractivity contribution in [1.29, 1.82) is 0 Å². The van der Waals surface area contributed by atoms with Crippen LogP contribution < -0.4 is 0 Å². The number of hydrazone groups is 1. The molecule has 7 heteroatoms. The third-order valence-corrected chi connectivity index (χ3v) is 2.55. The van der Waals surface area contributed by atoms with Crippen molar-refractivity contribution in [1.82, 2.24) is 9.88 Å². The Bertz CT molecular complexity index is 446. The SMILES string of the molecule is O=[N+]([O-])/N=C1/CCCN1Cc1ccc(F)nc1. The number of pyridine rings is 1. The Morgan fingerprint density at radius 1 is 1.59 bits per heavy atom. The average molecular weight is 238 g/mol. The quantitative estimate of drug-likeness (QED) is 0.453. The van der Waals surface area contributed by atoms with Crippen molar-refractivity contribution in [2.24, 2.45) is 5.10 Å². The lowest BCUT2D eigenvalue weighted by Crippen LogP contribution is -2.25. The fourth-order valence-corrected chi connectivity index (χ4v) is 1.81. The van der Waals surface area contributed by atoms with Gasteiger partial charge in [0.1, 0.15) is 0 Å². The number of aromatic nitrogens is 1. The minimum Gasteiger partial charge on any atom is -0.351 e. The second kappa shape index (κ2) is 4.86. The first kappa shape index (κ1) is 11.4. The zero-order valence-electron chi connectivity index (χ0n) is 9.04. The molecule has 6 nitrogen and oxygen atoms in total. The molecular weight excluding hydrogens is 227 g/mol. The largest absolute Gasteiger partial charge is 0.351 e. The van der Waals surface area contributed by atoms with Gasteiger partial charge >= 0.3 is 0 Å². The second-order valence-corrected chi connectivity index (χ2v) is 3.77. The van der Waals surface area contributed by atoms with E-state index in [4.69, 9.17) is 0 Å². The molecule has 17 heavy (non-hydrogen) atoms. The summed E-state index contributed by atoms with van der Waals surface area (Å²) in [6.07, 6.45) is 2.88. The molecule has 2 heterocycles. The lowest BCUT2D eigenvalue weighted by molar-refractivity contribution is -0.485. The van der Waals surface area contributed by atoms with E-state index < -0.39 is 11.0 Å². The topological polar surface area (TPSA) is 71.6 Å². The molecular formula is C10H11FN4O2. The Morgan fingerprint density at radius 3 is 3.06 bits per heavy atom. The smallest absolute Gasteiger partial charge is 0.212 e. The van der Waals surface area contributed by atoms with Crippen LogP contribution in [0.15, 0.2) is 23.4 Å². The first-order chi connectivity index (χ1) is 8.15. The van der Waals surface area contributed by atoms with Crippen LogP contribution in [0, 0.1) is 16.1 Å². The van der Waals surface area contributed by atoms with E-state index in [1.165, 1.54) is 12.3 Å². The molecule has 0 radical (unpaired) electrons. The Hall–Kier alpha value is -2.05. The maximum Gasteiger partial charge on any atom is 0.212 e. The zero-order valence-corrected chi connectivity index (χ0v) is 9.04. The molecule has 0 amide bonds. The summed E-state index contributed by atoms with van der Waals surface area (Å²) in [6.45, 7) is 1.20. The van der Waals surface area contributed by atoms with Crippen LogP contribution in [0.2, 0.25) is 0 Å². The van der Waals surface area contributed by atoms with Gasteiger partial charge in [0, 0.05) is 25.7 Å². The van der Waals surface area contributed by atoms with Crippen LogP contribution in [0.4, 0.5) is 4.39 Å². The minimum atomic E-state index is -0.684. The van der Waals surface area contributed by atoms with Gasteiger partial charge in [0.05, 0.1) is 5.10 Å². The molecule has 1 aliphatic heterocycles. The molecule has 90 valence electrons. The number of nitrogens with zero attached hydrogens (tertiary/aromatic N) is 4. The van der Waals surface area contributed by atoms with E-state index in [1.807, 2.05) is 4.90 Å². The molecule has 0 bridgehead atoms. The number of halogens is 1. The van der Waals surface area contributed by atoms with E-state index in [2.05, 4.69) is 10.1 Å². The van der Waals surface area contributed by atoms with Gasteiger partial charge in [0.25, 0.3) is 0 Å².